The number of aryl methyl sites for hydroxylation is 1. The van der Waals surface area contributed by atoms with E-state index >= 15 is 0 Å². The van der Waals surface area contributed by atoms with Crippen molar-refractivity contribution in [2.24, 2.45) is 5.84 Å². The van der Waals surface area contributed by atoms with Crippen LogP contribution >= 0.6 is 0 Å². The lowest BCUT2D eigenvalue weighted by molar-refractivity contribution is 0.479. The van der Waals surface area contributed by atoms with E-state index in [1.54, 1.807) is 0 Å². The number of anilines is 3. The van der Waals surface area contributed by atoms with Crippen molar-refractivity contribution >= 4 is 17.1 Å². The van der Waals surface area contributed by atoms with E-state index in [0.29, 0.717) is 5.75 Å². The molecule has 0 radical (unpaired) electrons. The molecule has 0 bridgehead atoms. The van der Waals surface area contributed by atoms with Crippen LogP contribution in [0.25, 0.3) is 0 Å². The largest absolute Gasteiger partial charge is 0.457 e. The Hall–Kier alpha value is -2.40. The third-order valence-corrected chi connectivity index (χ3v) is 2.84. The fraction of sp³-hybridized carbons (Fsp3) is 0.143. The zero-order valence-electron chi connectivity index (χ0n) is 11.0. The molecule has 0 saturated heterocycles. The second kappa shape index (κ2) is 5.49. The first-order chi connectivity index (χ1) is 9.13. The van der Waals surface area contributed by atoms with Crippen LogP contribution in [0.15, 0.2) is 36.4 Å². The van der Waals surface area contributed by atoms with Gasteiger partial charge in [-0.1, -0.05) is 0 Å². The van der Waals surface area contributed by atoms with Gasteiger partial charge in [0.05, 0.1) is 11.4 Å². The number of nitrogen functional groups attached to an aromatic ring is 2. The van der Waals surface area contributed by atoms with Crippen LogP contribution in [-0.2, 0) is 0 Å². The second-order valence-corrected chi connectivity index (χ2v) is 4.23. The molecule has 2 aromatic rings. The molecule has 0 saturated carbocycles. The highest BCUT2D eigenvalue weighted by Gasteiger charge is 2.05. The molecule has 0 amide bonds. The summed E-state index contributed by atoms with van der Waals surface area (Å²) in [6.45, 7) is 1.95. The molecule has 0 spiro atoms. The van der Waals surface area contributed by atoms with Crippen LogP contribution in [-0.4, -0.2) is 7.05 Å². The summed E-state index contributed by atoms with van der Waals surface area (Å²) in [6, 6.07) is 11.2. The number of hydrazine groups is 1. The molecule has 0 aliphatic heterocycles. The zero-order valence-corrected chi connectivity index (χ0v) is 11.0. The van der Waals surface area contributed by atoms with Crippen LogP contribution in [0.1, 0.15) is 5.56 Å². The summed E-state index contributed by atoms with van der Waals surface area (Å²) in [5.41, 5.74) is 11.7. The molecule has 0 atom stereocenters. The average molecular weight is 258 g/mol. The van der Waals surface area contributed by atoms with E-state index < -0.39 is 0 Å². The van der Waals surface area contributed by atoms with Gasteiger partial charge in [0, 0.05) is 18.8 Å². The van der Waals surface area contributed by atoms with Gasteiger partial charge in [0.15, 0.2) is 0 Å². The number of hydrogen-bond acceptors (Lipinski definition) is 5. The molecule has 6 N–H and O–H groups in total. The maximum Gasteiger partial charge on any atom is 0.130 e. The maximum atomic E-state index is 5.83. The minimum Gasteiger partial charge on any atom is -0.457 e. The number of hydrogen-bond donors (Lipinski definition) is 4. The van der Waals surface area contributed by atoms with Crippen LogP contribution in [0, 0.1) is 6.92 Å². The average Bonchev–Trinajstić information content (AvgIpc) is 2.41. The molecule has 0 aliphatic rings. The van der Waals surface area contributed by atoms with Crippen molar-refractivity contribution in [1.82, 2.24) is 0 Å². The normalized spacial score (nSPS) is 10.1. The van der Waals surface area contributed by atoms with Crippen LogP contribution in [0.5, 0.6) is 11.5 Å². The summed E-state index contributed by atoms with van der Waals surface area (Å²) in [7, 11) is 1.83. The molecule has 2 rings (SSSR count). The first-order valence-electron chi connectivity index (χ1n) is 5.96. The molecule has 0 aromatic heterocycles. The van der Waals surface area contributed by atoms with Crippen molar-refractivity contribution in [1.29, 1.82) is 0 Å². The third-order valence-electron chi connectivity index (χ3n) is 2.84. The minimum atomic E-state index is 0.708. The highest BCUT2D eigenvalue weighted by molar-refractivity contribution is 5.70. The number of ether oxygens (including phenoxy) is 1. The smallest absolute Gasteiger partial charge is 0.130 e. The lowest BCUT2D eigenvalue weighted by Gasteiger charge is -2.13. The van der Waals surface area contributed by atoms with Gasteiger partial charge in [-0.2, -0.15) is 0 Å². The fourth-order valence-electron chi connectivity index (χ4n) is 1.84. The lowest BCUT2D eigenvalue weighted by Crippen LogP contribution is -2.09. The van der Waals surface area contributed by atoms with E-state index in [0.717, 1.165) is 28.4 Å². The number of nitrogens with one attached hydrogen (secondary N) is 2. The Labute approximate surface area is 112 Å². The van der Waals surface area contributed by atoms with Gasteiger partial charge in [0.25, 0.3) is 0 Å². The Kier molecular flexibility index (Phi) is 3.77. The first kappa shape index (κ1) is 13.0. The molecule has 100 valence electrons. The number of benzene rings is 2. The summed E-state index contributed by atoms with van der Waals surface area (Å²) < 4.78 is 5.83. The molecule has 5 heteroatoms. The van der Waals surface area contributed by atoms with Gasteiger partial charge in [-0.3, -0.25) is 5.84 Å². The Morgan fingerprint density at radius 1 is 1.05 bits per heavy atom. The van der Waals surface area contributed by atoms with Gasteiger partial charge in [-0.05, 0) is 42.8 Å². The fourth-order valence-corrected chi connectivity index (χ4v) is 1.84. The van der Waals surface area contributed by atoms with Crippen LogP contribution < -0.4 is 27.1 Å². The van der Waals surface area contributed by atoms with Gasteiger partial charge >= 0.3 is 0 Å². The molecule has 0 fully saturated rings. The molecule has 0 aliphatic carbocycles. The Morgan fingerprint density at radius 2 is 1.84 bits per heavy atom. The summed E-state index contributed by atoms with van der Waals surface area (Å²) >= 11 is 0. The van der Waals surface area contributed by atoms with Crippen LogP contribution in [0.2, 0.25) is 0 Å². The highest BCUT2D eigenvalue weighted by Crippen LogP contribution is 2.31. The van der Waals surface area contributed by atoms with Crippen molar-refractivity contribution in [2.75, 3.05) is 23.5 Å². The van der Waals surface area contributed by atoms with Gasteiger partial charge in [-0.15, -0.1) is 0 Å². The van der Waals surface area contributed by atoms with Crippen LogP contribution in [0.4, 0.5) is 17.1 Å². The molecular formula is C14H18N4O. The second-order valence-electron chi connectivity index (χ2n) is 4.23. The number of rotatable bonds is 4. The summed E-state index contributed by atoms with van der Waals surface area (Å²) in [5.74, 6) is 6.96. The van der Waals surface area contributed by atoms with Gasteiger partial charge in [0.1, 0.15) is 11.5 Å². The van der Waals surface area contributed by atoms with Gasteiger partial charge in [-0.25, -0.2) is 0 Å². The standard InChI is InChI=1S/C14H18N4O/c1-9-7-10(15)3-6-14(9)19-11-4-5-12(17-2)13(8-11)18-16/h3-8,17-18H,15-16H2,1-2H3. The topological polar surface area (TPSA) is 85.3 Å². The minimum absolute atomic E-state index is 0.708. The van der Waals surface area contributed by atoms with E-state index in [1.807, 2.05) is 50.4 Å². The van der Waals surface area contributed by atoms with Gasteiger partial charge in [0.2, 0.25) is 0 Å². The van der Waals surface area contributed by atoms with E-state index in [9.17, 15) is 0 Å². The molecule has 0 heterocycles. The summed E-state index contributed by atoms with van der Waals surface area (Å²) in [6.07, 6.45) is 0. The predicted octanol–water partition coefficient (Wildman–Crippen LogP) is 2.70. The summed E-state index contributed by atoms with van der Waals surface area (Å²) in [5, 5.41) is 3.04. The Morgan fingerprint density at radius 3 is 2.47 bits per heavy atom. The highest BCUT2D eigenvalue weighted by atomic mass is 16.5. The van der Waals surface area contributed by atoms with E-state index in [1.165, 1.54) is 0 Å². The molecule has 19 heavy (non-hydrogen) atoms. The maximum absolute atomic E-state index is 5.83. The lowest BCUT2D eigenvalue weighted by atomic mass is 10.2. The van der Waals surface area contributed by atoms with Crippen molar-refractivity contribution in [3.05, 3.63) is 42.0 Å². The molecule has 2 aromatic carbocycles. The SMILES string of the molecule is CNc1ccc(Oc2ccc(N)cc2C)cc1NN. The quantitative estimate of drug-likeness (QED) is 0.385. The monoisotopic (exact) mass is 258 g/mol. The van der Waals surface area contributed by atoms with Crippen molar-refractivity contribution in [3.63, 3.8) is 0 Å². The Balaban J connectivity index is 2.28. The first-order valence-corrected chi connectivity index (χ1v) is 5.96. The summed E-state index contributed by atoms with van der Waals surface area (Å²) in [4.78, 5) is 0. The number of nitrogens with two attached hydrogens (primary N) is 2. The van der Waals surface area contributed by atoms with Crippen molar-refractivity contribution < 1.29 is 4.74 Å². The molecular weight excluding hydrogens is 240 g/mol. The third kappa shape index (κ3) is 2.89. The van der Waals surface area contributed by atoms with Crippen LogP contribution in [0.3, 0.4) is 0 Å². The van der Waals surface area contributed by atoms with Crippen molar-refractivity contribution in [2.45, 2.75) is 6.92 Å². The molecule has 5 nitrogen and oxygen atoms in total. The zero-order chi connectivity index (χ0) is 13.8. The van der Waals surface area contributed by atoms with E-state index in [4.69, 9.17) is 16.3 Å². The van der Waals surface area contributed by atoms with Gasteiger partial charge < -0.3 is 21.2 Å². The molecule has 0 unspecified atom stereocenters. The van der Waals surface area contributed by atoms with E-state index in [-0.39, 0.29) is 0 Å². The van der Waals surface area contributed by atoms with E-state index in [2.05, 4.69) is 10.7 Å². The van der Waals surface area contributed by atoms with Crippen molar-refractivity contribution in [3.8, 4) is 11.5 Å². The Bertz CT molecular complexity index is 584. The predicted molar refractivity (Wildman–Crippen MR) is 79.5 cm³/mol.